The summed E-state index contributed by atoms with van der Waals surface area (Å²) < 4.78 is 10.4. The van der Waals surface area contributed by atoms with Gasteiger partial charge >= 0.3 is 5.97 Å². The Morgan fingerprint density at radius 1 is 1.18 bits per heavy atom. The number of hydrogen-bond acceptors (Lipinski definition) is 6. The number of carbonyl (C=O) groups excluding carboxylic acids is 2. The van der Waals surface area contributed by atoms with Gasteiger partial charge in [0.25, 0.3) is 0 Å². The van der Waals surface area contributed by atoms with Crippen LogP contribution in [0, 0.1) is 0 Å². The normalized spacial score (nSPS) is 14.6. The van der Waals surface area contributed by atoms with Crippen LogP contribution in [0.3, 0.4) is 0 Å². The van der Waals surface area contributed by atoms with E-state index >= 15 is 0 Å². The van der Waals surface area contributed by atoms with E-state index in [2.05, 4.69) is 4.98 Å². The molecule has 0 aliphatic heterocycles. The Morgan fingerprint density at radius 3 is 2.64 bits per heavy atom. The van der Waals surface area contributed by atoms with Gasteiger partial charge in [0.2, 0.25) is 5.91 Å². The smallest absolute Gasteiger partial charge is 0.357 e. The van der Waals surface area contributed by atoms with Crippen molar-refractivity contribution in [2.45, 2.75) is 51.3 Å². The lowest BCUT2D eigenvalue weighted by Gasteiger charge is -2.34. The predicted octanol–water partition coefficient (Wildman–Crippen LogP) is 3.81. The van der Waals surface area contributed by atoms with Crippen LogP contribution in [0.25, 0.3) is 0 Å². The molecule has 1 amide bonds. The van der Waals surface area contributed by atoms with Crippen LogP contribution >= 0.6 is 11.3 Å². The fourth-order valence-corrected chi connectivity index (χ4v) is 4.22. The molecule has 0 unspecified atom stereocenters. The minimum atomic E-state index is -0.454. The monoisotopic (exact) mass is 402 g/mol. The third kappa shape index (κ3) is 5.62. The maximum atomic E-state index is 12.9. The van der Waals surface area contributed by atoms with E-state index in [1.165, 1.54) is 24.9 Å². The second-order valence-corrected chi connectivity index (χ2v) is 7.85. The number of rotatable bonds is 8. The number of methoxy groups -OCH3 is 1. The van der Waals surface area contributed by atoms with Crippen molar-refractivity contribution in [1.82, 2.24) is 9.88 Å². The average Bonchev–Trinajstić information content (AvgIpc) is 3.21. The first-order valence-electron chi connectivity index (χ1n) is 9.61. The molecule has 0 atom stereocenters. The molecule has 0 N–H and O–H groups in total. The molecule has 1 fully saturated rings. The molecule has 3 rings (SSSR count). The molecule has 1 aromatic carbocycles. The van der Waals surface area contributed by atoms with Crippen LogP contribution in [0.1, 0.15) is 53.2 Å². The molecule has 1 heterocycles. The largest absolute Gasteiger partial charge is 0.464 e. The Hall–Kier alpha value is -2.25. The molecule has 28 heavy (non-hydrogen) atoms. The van der Waals surface area contributed by atoms with E-state index in [1.54, 1.807) is 5.38 Å². The van der Waals surface area contributed by atoms with Crippen molar-refractivity contribution in [2.75, 3.05) is 13.7 Å². The topological polar surface area (TPSA) is 68.7 Å². The molecule has 150 valence electrons. The van der Waals surface area contributed by atoms with Gasteiger partial charge in [-0.15, -0.1) is 11.3 Å². The molecule has 7 heteroatoms. The van der Waals surface area contributed by atoms with Gasteiger partial charge in [-0.3, -0.25) is 4.79 Å². The Morgan fingerprint density at radius 2 is 1.93 bits per heavy atom. The van der Waals surface area contributed by atoms with Crippen LogP contribution in [0.5, 0.6) is 0 Å². The van der Waals surface area contributed by atoms with Crippen LogP contribution < -0.4 is 0 Å². The molecule has 2 aromatic rings. The second-order valence-electron chi connectivity index (χ2n) is 6.91. The highest BCUT2D eigenvalue weighted by atomic mass is 32.1. The first-order valence-corrected chi connectivity index (χ1v) is 10.5. The number of aromatic nitrogens is 1. The van der Waals surface area contributed by atoms with Gasteiger partial charge in [-0.2, -0.15) is 0 Å². The van der Waals surface area contributed by atoms with E-state index in [1.807, 2.05) is 35.2 Å². The Balaban J connectivity index is 1.63. The van der Waals surface area contributed by atoms with E-state index in [0.717, 1.165) is 36.3 Å². The van der Waals surface area contributed by atoms with Gasteiger partial charge in [-0.1, -0.05) is 49.6 Å². The fraction of sp³-hybridized carbons (Fsp3) is 0.476. The highest BCUT2D eigenvalue weighted by molar-refractivity contribution is 7.09. The number of esters is 1. The van der Waals surface area contributed by atoms with E-state index in [0.29, 0.717) is 18.8 Å². The number of hydrogen-bond donors (Lipinski definition) is 0. The average molecular weight is 403 g/mol. The van der Waals surface area contributed by atoms with E-state index in [4.69, 9.17) is 9.47 Å². The number of ether oxygens (including phenoxy) is 2. The lowest BCUT2D eigenvalue weighted by molar-refractivity contribution is -0.140. The SMILES string of the molecule is COC(=O)c1csc(CN(C(=O)COCc2ccccc2)C2CCCCC2)n1. The maximum absolute atomic E-state index is 12.9. The number of nitrogens with zero attached hydrogens (tertiary/aromatic N) is 2. The molecule has 1 saturated carbocycles. The molecule has 1 aliphatic carbocycles. The lowest BCUT2D eigenvalue weighted by atomic mass is 9.94. The predicted molar refractivity (Wildman–Crippen MR) is 107 cm³/mol. The number of amides is 1. The van der Waals surface area contributed by atoms with Gasteiger partial charge < -0.3 is 14.4 Å². The zero-order valence-corrected chi connectivity index (χ0v) is 17.0. The zero-order valence-electron chi connectivity index (χ0n) is 16.1. The summed E-state index contributed by atoms with van der Waals surface area (Å²) in [5.41, 5.74) is 1.33. The standard InChI is InChI=1S/C21H26N2O4S/c1-26-21(25)18-15-28-19(22-18)12-23(17-10-6-3-7-11-17)20(24)14-27-13-16-8-4-2-5-9-16/h2,4-5,8-9,15,17H,3,6-7,10-14H2,1H3. The summed E-state index contributed by atoms with van der Waals surface area (Å²) >= 11 is 1.38. The molecule has 1 aliphatic rings. The summed E-state index contributed by atoms with van der Waals surface area (Å²) in [6.45, 7) is 0.856. The molecule has 0 saturated heterocycles. The Labute approximate surface area is 169 Å². The van der Waals surface area contributed by atoms with Gasteiger partial charge in [-0.05, 0) is 18.4 Å². The van der Waals surface area contributed by atoms with E-state index in [9.17, 15) is 9.59 Å². The minimum Gasteiger partial charge on any atom is -0.464 e. The molecule has 0 bridgehead atoms. The first kappa shape index (κ1) is 20.5. The summed E-state index contributed by atoms with van der Waals surface area (Å²) in [5.74, 6) is -0.484. The molecular weight excluding hydrogens is 376 g/mol. The van der Waals surface area contributed by atoms with Crippen molar-refractivity contribution >= 4 is 23.2 Å². The number of benzene rings is 1. The highest BCUT2D eigenvalue weighted by Gasteiger charge is 2.27. The van der Waals surface area contributed by atoms with Crippen molar-refractivity contribution in [1.29, 1.82) is 0 Å². The maximum Gasteiger partial charge on any atom is 0.357 e. The van der Waals surface area contributed by atoms with Crippen molar-refractivity contribution in [2.24, 2.45) is 0 Å². The fourth-order valence-electron chi connectivity index (χ4n) is 3.45. The van der Waals surface area contributed by atoms with E-state index in [-0.39, 0.29) is 18.6 Å². The van der Waals surface area contributed by atoms with Crippen LogP contribution in [-0.2, 0) is 27.4 Å². The molecule has 0 radical (unpaired) electrons. The number of carbonyl (C=O) groups is 2. The summed E-state index contributed by atoms with van der Waals surface area (Å²) in [7, 11) is 1.34. The summed E-state index contributed by atoms with van der Waals surface area (Å²) in [6, 6.07) is 10.0. The van der Waals surface area contributed by atoms with Crippen LogP contribution in [-0.4, -0.2) is 41.5 Å². The lowest BCUT2D eigenvalue weighted by Crippen LogP contribution is -2.42. The first-order chi connectivity index (χ1) is 13.7. The quantitative estimate of drug-likeness (QED) is 0.628. The third-order valence-corrected chi connectivity index (χ3v) is 5.76. The van der Waals surface area contributed by atoms with Crippen molar-refractivity contribution in [3.05, 3.63) is 52.0 Å². The Bertz CT molecular complexity index is 772. The van der Waals surface area contributed by atoms with Crippen molar-refractivity contribution < 1.29 is 19.1 Å². The van der Waals surface area contributed by atoms with Gasteiger partial charge in [0.05, 0.1) is 20.3 Å². The summed E-state index contributed by atoms with van der Waals surface area (Å²) in [4.78, 5) is 30.8. The number of thiazole rings is 1. The van der Waals surface area contributed by atoms with Gasteiger partial charge in [0.15, 0.2) is 5.69 Å². The van der Waals surface area contributed by atoms with Gasteiger partial charge in [0.1, 0.15) is 11.6 Å². The summed E-state index contributed by atoms with van der Waals surface area (Å²) in [6.07, 6.45) is 5.47. The minimum absolute atomic E-state index is 0.0300. The second kappa shape index (κ2) is 10.3. The summed E-state index contributed by atoms with van der Waals surface area (Å²) in [5, 5.41) is 2.42. The molecule has 1 aromatic heterocycles. The van der Waals surface area contributed by atoms with Crippen LogP contribution in [0.15, 0.2) is 35.7 Å². The van der Waals surface area contributed by atoms with Gasteiger partial charge in [0, 0.05) is 11.4 Å². The van der Waals surface area contributed by atoms with Crippen molar-refractivity contribution in [3.8, 4) is 0 Å². The third-order valence-electron chi connectivity index (χ3n) is 4.92. The van der Waals surface area contributed by atoms with E-state index < -0.39 is 5.97 Å². The van der Waals surface area contributed by atoms with Gasteiger partial charge in [-0.25, -0.2) is 9.78 Å². The molecular formula is C21H26N2O4S. The molecule has 0 spiro atoms. The Kier molecular flexibility index (Phi) is 7.56. The van der Waals surface area contributed by atoms with Crippen LogP contribution in [0.2, 0.25) is 0 Å². The van der Waals surface area contributed by atoms with Crippen molar-refractivity contribution in [3.63, 3.8) is 0 Å². The van der Waals surface area contributed by atoms with Crippen LogP contribution in [0.4, 0.5) is 0 Å². The molecule has 6 nitrogen and oxygen atoms in total. The highest BCUT2D eigenvalue weighted by Crippen LogP contribution is 2.25. The zero-order chi connectivity index (χ0) is 19.8.